The van der Waals surface area contributed by atoms with Gasteiger partial charge in [-0.25, -0.2) is 8.42 Å². The highest BCUT2D eigenvalue weighted by molar-refractivity contribution is 7.89. The Morgan fingerprint density at radius 3 is 2.82 bits per heavy atom. The normalized spacial score (nSPS) is 21.0. The van der Waals surface area contributed by atoms with Crippen LogP contribution in [0.25, 0.3) is 0 Å². The SMILES string of the molecule is CCC1Oc2cc(S(=O)(=O)N3CCCC(C(=O)Nc4cccc(Cl)c4)C3)c(C)cc2NC1=O. The first-order valence-electron chi connectivity index (χ1n) is 10.9. The second-order valence-electron chi connectivity index (χ2n) is 8.32. The van der Waals surface area contributed by atoms with E-state index in [1.807, 2.05) is 6.92 Å². The molecule has 2 aliphatic rings. The third-order valence-electron chi connectivity index (χ3n) is 5.93. The average Bonchev–Trinajstić information content (AvgIpc) is 2.78. The number of benzene rings is 2. The molecule has 4 rings (SSSR count). The molecule has 176 valence electrons. The Morgan fingerprint density at radius 2 is 2.09 bits per heavy atom. The molecular formula is C23H26ClN3O5S. The van der Waals surface area contributed by atoms with Crippen LogP contribution in [0.15, 0.2) is 41.3 Å². The molecule has 8 nitrogen and oxygen atoms in total. The standard InChI is InChI=1S/C23H26ClN3O5S/c1-3-19-23(29)26-18-10-14(2)21(12-20(18)32-19)33(30,31)27-9-5-6-15(13-27)22(28)25-17-8-4-7-16(24)11-17/h4,7-8,10-12,15,19H,3,5-6,9,13H2,1-2H3,(H,25,28)(H,26,29). The van der Waals surface area contributed by atoms with Gasteiger partial charge in [0.25, 0.3) is 5.91 Å². The molecule has 2 aliphatic heterocycles. The molecule has 0 aliphatic carbocycles. The minimum Gasteiger partial charge on any atom is -0.478 e. The molecule has 1 saturated heterocycles. The number of anilines is 2. The van der Waals surface area contributed by atoms with Gasteiger partial charge in [-0.05, 0) is 56.0 Å². The Morgan fingerprint density at radius 1 is 1.30 bits per heavy atom. The molecule has 0 spiro atoms. The predicted octanol–water partition coefficient (Wildman–Crippen LogP) is 3.80. The first kappa shape index (κ1) is 23.5. The Hall–Kier alpha value is -2.62. The van der Waals surface area contributed by atoms with Gasteiger partial charge in [0.15, 0.2) is 6.10 Å². The van der Waals surface area contributed by atoms with Gasteiger partial charge in [-0.2, -0.15) is 4.31 Å². The molecule has 0 aromatic heterocycles. The molecule has 2 atom stereocenters. The Labute approximate surface area is 198 Å². The van der Waals surface area contributed by atoms with Crippen molar-refractivity contribution in [2.24, 2.45) is 5.92 Å². The van der Waals surface area contributed by atoms with E-state index in [2.05, 4.69) is 10.6 Å². The zero-order valence-electron chi connectivity index (χ0n) is 18.4. The van der Waals surface area contributed by atoms with Crippen molar-refractivity contribution in [3.63, 3.8) is 0 Å². The molecule has 0 saturated carbocycles. The van der Waals surface area contributed by atoms with Crippen molar-refractivity contribution in [3.05, 3.63) is 47.0 Å². The molecular weight excluding hydrogens is 466 g/mol. The smallest absolute Gasteiger partial charge is 0.265 e. The molecule has 0 radical (unpaired) electrons. The maximum atomic E-state index is 13.5. The van der Waals surface area contributed by atoms with Gasteiger partial charge in [-0.3, -0.25) is 9.59 Å². The lowest BCUT2D eigenvalue weighted by Crippen LogP contribution is -2.44. The maximum absolute atomic E-state index is 13.5. The van der Waals surface area contributed by atoms with Crippen LogP contribution in [-0.2, 0) is 19.6 Å². The summed E-state index contributed by atoms with van der Waals surface area (Å²) in [5.41, 5.74) is 1.53. The number of sulfonamides is 1. The zero-order valence-corrected chi connectivity index (χ0v) is 20.0. The lowest BCUT2D eigenvalue weighted by atomic mass is 9.99. The summed E-state index contributed by atoms with van der Waals surface area (Å²) >= 11 is 5.98. The number of amides is 2. The predicted molar refractivity (Wildman–Crippen MR) is 126 cm³/mol. The first-order valence-corrected chi connectivity index (χ1v) is 12.7. The van der Waals surface area contributed by atoms with Crippen LogP contribution in [0.5, 0.6) is 5.75 Å². The lowest BCUT2D eigenvalue weighted by Gasteiger charge is -2.32. The summed E-state index contributed by atoms with van der Waals surface area (Å²) in [6.07, 6.45) is 0.970. The van der Waals surface area contributed by atoms with Gasteiger partial charge < -0.3 is 15.4 Å². The van der Waals surface area contributed by atoms with Gasteiger partial charge >= 0.3 is 0 Å². The summed E-state index contributed by atoms with van der Waals surface area (Å²) in [5.74, 6) is -0.635. The van der Waals surface area contributed by atoms with E-state index in [4.69, 9.17) is 16.3 Å². The van der Waals surface area contributed by atoms with Crippen LogP contribution < -0.4 is 15.4 Å². The number of carbonyl (C=O) groups excluding carboxylic acids is 2. The third-order valence-corrected chi connectivity index (χ3v) is 8.17. The van der Waals surface area contributed by atoms with Crippen LogP contribution in [0.2, 0.25) is 5.02 Å². The molecule has 2 N–H and O–H groups in total. The zero-order chi connectivity index (χ0) is 23.8. The van der Waals surface area contributed by atoms with Crippen molar-refractivity contribution < 1.29 is 22.7 Å². The summed E-state index contributed by atoms with van der Waals surface area (Å²) in [5, 5.41) is 6.11. The molecule has 33 heavy (non-hydrogen) atoms. The number of halogens is 1. The van der Waals surface area contributed by atoms with Crippen LogP contribution in [-0.4, -0.2) is 43.7 Å². The number of carbonyl (C=O) groups is 2. The Bertz CT molecular complexity index is 1200. The van der Waals surface area contributed by atoms with Crippen molar-refractivity contribution in [1.82, 2.24) is 4.31 Å². The van der Waals surface area contributed by atoms with Gasteiger partial charge in [0.2, 0.25) is 15.9 Å². The monoisotopic (exact) mass is 491 g/mol. The molecule has 2 aromatic rings. The van der Waals surface area contributed by atoms with Crippen molar-refractivity contribution in [2.75, 3.05) is 23.7 Å². The fourth-order valence-corrected chi connectivity index (χ4v) is 6.09. The lowest BCUT2D eigenvalue weighted by molar-refractivity contribution is -0.123. The molecule has 2 unspecified atom stereocenters. The second-order valence-corrected chi connectivity index (χ2v) is 10.7. The minimum atomic E-state index is -3.87. The van der Waals surface area contributed by atoms with E-state index in [-0.39, 0.29) is 23.3 Å². The highest BCUT2D eigenvalue weighted by atomic mass is 35.5. The van der Waals surface area contributed by atoms with Crippen LogP contribution in [0.4, 0.5) is 11.4 Å². The number of nitrogens with zero attached hydrogens (tertiary/aromatic N) is 1. The molecule has 2 heterocycles. The average molecular weight is 492 g/mol. The first-order chi connectivity index (χ1) is 15.7. The third kappa shape index (κ3) is 4.85. The van der Waals surface area contributed by atoms with Gasteiger partial charge in [-0.15, -0.1) is 0 Å². The number of fused-ring (bicyclic) bond motifs is 1. The largest absolute Gasteiger partial charge is 0.478 e. The molecule has 0 bridgehead atoms. The summed E-state index contributed by atoms with van der Waals surface area (Å²) < 4.78 is 34.1. The second kappa shape index (κ2) is 9.32. The topological polar surface area (TPSA) is 105 Å². The van der Waals surface area contributed by atoms with Gasteiger partial charge in [0.1, 0.15) is 5.75 Å². The molecule has 2 aromatic carbocycles. The van der Waals surface area contributed by atoms with Gasteiger partial charge in [-0.1, -0.05) is 24.6 Å². The van der Waals surface area contributed by atoms with E-state index < -0.39 is 22.0 Å². The van der Waals surface area contributed by atoms with Crippen molar-refractivity contribution in [1.29, 1.82) is 0 Å². The summed E-state index contributed by atoms with van der Waals surface area (Å²) in [7, 11) is -3.87. The van der Waals surface area contributed by atoms with E-state index in [1.165, 1.54) is 10.4 Å². The number of hydrogen-bond donors (Lipinski definition) is 2. The fourth-order valence-electron chi connectivity index (χ4n) is 4.16. The number of aryl methyl sites for hydroxylation is 1. The maximum Gasteiger partial charge on any atom is 0.265 e. The van der Waals surface area contributed by atoms with E-state index >= 15 is 0 Å². The highest BCUT2D eigenvalue weighted by Crippen LogP contribution is 2.36. The van der Waals surface area contributed by atoms with E-state index in [0.717, 1.165) is 0 Å². The Balaban J connectivity index is 1.55. The van der Waals surface area contributed by atoms with Crippen molar-refractivity contribution >= 4 is 44.8 Å². The molecule has 2 amide bonds. The quantitative estimate of drug-likeness (QED) is 0.662. The number of ether oxygens (including phenoxy) is 1. The van der Waals surface area contributed by atoms with Crippen LogP contribution in [0.1, 0.15) is 31.7 Å². The summed E-state index contributed by atoms with van der Waals surface area (Å²) in [6.45, 7) is 3.91. The molecule has 1 fully saturated rings. The Kier molecular flexibility index (Phi) is 6.65. The van der Waals surface area contributed by atoms with Crippen LogP contribution >= 0.6 is 11.6 Å². The number of nitrogens with one attached hydrogen (secondary N) is 2. The summed E-state index contributed by atoms with van der Waals surface area (Å²) in [4.78, 5) is 25.0. The van der Waals surface area contributed by atoms with Crippen LogP contribution in [0, 0.1) is 12.8 Å². The van der Waals surface area contributed by atoms with Crippen molar-refractivity contribution in [3.8, 4) is 5.75 Å². The van der Waals surface area contributed by atoms with Crippen LogP contribution in [0.3, 0.4) is 0 Å². The molecule has 10 heteroatoms. The summed E-state index contributed by atoms with van der Waals surface area (Å²) in [6, 6.07) is 9.92. The van der Waals surface area contributed by atoms with E-state index in [9.17, 15) is 18.0 Å². The van der Waals surface area contributed by atoms with Gasteiger partial charge in [0.05, 0.1) is 16.5 Å². The van der Waals surface area contributed by atoms with E-state index in [1.54, 1.807) is 37.3 Å². The highest BCUT2D eigenvalue weighted by Gasteiger charge is 2.36. The van der Waals surface area contributed by atoms with Gasteiger partial charge in [0, 0.05) is 29.9 Å². The van der Waals surface area contributed by atoms with E-state index in [0.29, 0.717) is 53.5 Å². The fraction of sp³-hybridized carbons (Fsp3) is 0.391. The number of hydrogen-bond acceptors (Lipinski definition) is 5. The number of piperidine rings is 1. The minimum absolute atomic E-state index is 0.0838. The number of rotatable bonds is 5. The van der Waals surface area contributed by atoms with Crippen molar-refractivity contribution in [2.45, 2.75) is 44.1 Å².